The van der Waals surface area contributed by atoms with Gasteiger partial charge >= 0.3 is 0 Å². The molecule has 1 heteroatoms. The second-order valence-electron chi connectivity index (χ2n) is 6.12. The van der Waals surface area contributed by atoms with E-state index in [2.05, 4.69) is 32.6 Å². The minimum atomic E-state index is 0.676. The summed E-state index contributed by atoms with van der Waals surface area (Å²) in [6, 6.07) is 0.734. The summed E-state index contributed by atoms with van der Waals surface area (Å²) < 4.78 is 0. The molecular weight excluding hydrogens is 182 g/mol. The predicted molar refractivity (Wildman–Crippen MR) is 66.0 cm³/mol. The van der Waals surface area contributed by atoms with E-state index in [9.17, 15) is 0 Å². The Kier molecular flexibility index (Phi) is 2.94. The number of likely N-dealkylation sites (tertiary alicyclic amines) is 1. The van der Waals surface area contributed by atoms with Gasteiger partial charge in [-0.05, 0) is 65.3 Å². The molecule has 0 atom stereocenters. The van der Waals surface area contributed by atoms with Crippen molar-refractivity contribution in [1.29, 1.82) is 0 Å². The molecule has 0 unspecified atom stereocenters. The molecule has 0 radical (unpaired) electrons. The Hall–Kier alpha value is -0.300. The van der Waals surface area contributed by atoms with Crippen LogP contribution in [0.2, 0.25) is 0 Å². The van der Waals surface area contributed by atoms with Crippen LogP contribution in [0.5, 0.6) is 0 Å². The summed E-state index contributed by atoms with van der Waals surface area (Å²) >= 11 is 0. The molecule has 1 spiro atoms. The van der Waals surface area contributed by atoms with Crippen LogP contribution < -0.4 is 0 Å². The van der Waals surface area contributed by atoms with Crippen molar-refractivity contribution < 1.29 is 0 Å². The molecule has 86 valence electrons. The number of piperidine rings is 1. The summed E-state index contributed by atoms with van der Waals surface area (Å²) in [5.41, 5.74) is 3.98. The predicted octanol–water partition coefficient (Wildman–Crippen LogP) is 3.61. The van der Waals surface area contributed by atoms with Crippen molar-refractivity contribution in [2.45, 2.75) is 59.4 Å². The average molecular weight is 207 g/mol. The van der Waals surface area contributed by atoms with E-state index in [1.54, 1.807) is 11.1 Å². The molecular formula is C14H25N. The fourth-order valence-corrected chi connectivity index (χ4v) is 3.18. The first-order valence-electron chi connectivity index (χ1n) is 6.42. The number of allylic oxidation sites excluding steroid dienone is 2. The average Bonchev–Trinajstić information content (AvgIpc) is 2.13. The Morgan fingerprint density at radius 3 is 2.47 bits per heavy atom. The highest BCUT2D eigenvalue weighted by Crippen LogP contribution is 2.52. The van der Waals surface area contributed by atoms with Crippen molar-refractivity contribution in [3.8, 4) is 0 Å². The Morgan fingerprint density at radius 1 is 1.27 bits per heavy atom. The van der Waals surface area contributed by atoms with Gasteiger partial charge < -0.3 is 4.90 Å². The van der Waals surface area contributed by atoms with E-state index < -0.39 is 0 Å². The molecule has 2 aliphatic rings. The van der Waals surface area contributed by atoms with Gasteiger partial charge in [-0.1, -0.05) is 11.1 Å². The van der Waals surface area contributed by atoms with Crippen LogP contribution in [0.15, 0.2) is 11.1 Å². The molecule has 0 amide bonds. The lowest BCUT2D eigenvalue weighted by molar-refractivity contribution is 0.0362. The van der Waals surface area contributed by atoms with Gasteiger partial charge in [-0.3, -0.25) is 0 Å². The first-order valence-corrected chi connectivity index (χ1v) is 6.42. The Balaban J connectivity index is 1.98. The van der Waals surface area contributed by atoms with Gasteiger partial charge in [-0.15, -0.1) is 0 Å². The molecule has 15 heavy (non-hydrogen) atoms. The third-order valence-corrected chi connectivity index (χ3v) is 4.31. The monoisotopic (exact) mass is 207 g/mol. The van der Waals surface area contributed by atoms with Crippen molar-refractivity contribution in [2.75, 3.05) is 13.1 Å². The van der Waals surface area contributed by atoms with E-state index >= 15 is 0 Å². The van der Waals surface area contributed by atoms with E-state index in [-0.39, 0.29) is 0 Å². The highest BCUT2D eigenvalue weighted by atomic mass is 15.2. The van der Waals surface area contributed by atoms with E-state index in [4.69, 9.17) is 0 Å². The van der Waals surface area contributed by atoms with Crippen LogP contribution in [0.4, 0.5) is 0 Å². The highest BCUT2D eigenvalue weighted by molar-refractivity contribution is 5.24. The maximum Gasteiger partial charge on any atom is 0.00468 e. The fraction of sp³-hybridized carbons (Fsp3) is 0.857. The normalized spacial score (nSPS) is 32.2. The topological polar surface area (TPSA) is 3.24 Å². The molecule has 1 aliphatic heterocycles. The van der Waals surface area contributed by atoms with Crippen LogP contribution in [-0.2, 0) is 0 Å². The molecule has 0 aromatic rings. The van der Waals surface area contributed by atoms with Crippen molar-refractivity contribution >= 4 is 0 Å². The minimum Gasteiger partial charge on any atom is -0.300 e. The van der Waals surface area contributed by atoms with Crippen molar-refractivity contribution in [2.24, 2.45) is 5.41 Å². The van der Waals surface area contributed by atoms with Crippen LogP contribution >= 0.6 is 0 Å². The zero-order valence-electron chi connectivity index (χ0n) is 10.8. The third kappa shape index (κ3) is 2.13. The van der Waals surface area contributed by atoms with Crippen molar-refractivity contribution in [1.82, 2.24) is 4.90 Å². The van der Waals surface area contributed by atoms with Gasteiger partial charge in [0.25, 0.3) is 0 Å². The summed E-state index contributed by atoms with van der Waals surface area (Å²) in [4.78, 5) is 2.67. The van der Waals surface area contributed by atoms with E-state index in [1.807, 2.05) is 0 Å². The Bertz CT molecular complexity index is 263. The zero-order chi connectivity index (χ0) is 11.1. The molecule has 0 aromatic heterocycles. The maximum absolute atomic E-state index is 2.67. The van der Waals surface area contributed by atoms with Gasteiger partial charge in [0, 0.05) is 12.6 Å². The SMILES string of the molecule is CC(C)=C1CC2(CCCN(C(C)C)C2)C1. The van der Waals surface area contributed by atoms with Gasteiger partial charge in [0.05, 0.1) is 0 Å². The summed E-state index contributed by atoms with van der Waals surface area (Å²) in [6.45, 7) is 11.9. The first kappa shape index (κ1) is 11.2. The van der Waals surface area contributed by atoms with Gasteiger partial charge in [-0.2, -0.15) is 0 Å². The van der Waals surface area contributed by atoms with Crippen molar-refractivity contribution in [3.63, 3.8) is 0 Å². The van der Waals surface area contributed by atoms with Crippen LogP contribution in [0.1, 0.15) is 53.4 Å². The molecule has 1 saturated carbocycles. The molecule has 1 nitrogen and oxygen atoms in total. The van der Waals surface area contributed by atoms with Gasteiger partial charge in [0.15, 0.2) is 0 Å². The van der Waals surface area contributed by atoms with Crippen molar-refractivity contribution in [3.05, 3.63) is 11.1 Å². The fourth-order valence-electron chi connectivity index (χ4n) is 3.18. The Morgan fingerprint density at radius 2 is 1.93 bits per heavy atom. The first-order chi connectivity index (χ1) is 7.02. The molecule has 0 N–H and O–H groups in total. The standard InChI is InChI=1S/C14H25N/c1-11(2)13-8-14(9-13)6-5-7-15(10-14)12(3)4/h12H,5-10H2,1-4H3. The van der Waals surface area contributed by atoms with Crippen LogP contribution in [-0.4, -0.2) is 24.0 Å². The number of rotatable bonds is 1. The van der Waals surface area contributed by atoms with Crippen LogP contribution in [0, 0.1) is 5.41 Å². The molecule has 2 rings (SSSR count). The maximum atomic E-state index is 2.67. The summed E-state index contributed by atoms with van der Waals surface area (Å²) in [5.74, 6) is 0. The van der Waals surface area contributed by atoms with Crippen LogP contribution in [0.25, 0.3) is 0 Å². The van der Waals surface area contributed by atoms with E-state index in [0.29, 0.717) is 5.41 Å². The summed E-state index contributed by atoms with van der Waals surface area (Å²) in [7, 11) is 0. The number of hydrogen-bond donors (Lipinski definition) is 0. The minimum absolute atomic E-state index is 0.676. The third-order valence-electron chi connectivity index (χ3n) is 4.31. The lowest BCUT2D eigenvalue weighted by Gasteiger charge is -2.52. The number of nitrogens with zero attached hydrogens (tertiary/aromatic N) is 1. The smallest absolute Gasteiger partial charge is 0.00468 e. The quantitative estimate of drug-likeness (QED) is 0.594. The van der Waals surface area contributed by atoms with E-state index in [1.165, 1.54) is 38.8 Å². The second-order valence-corrected chi connectivity index (χ2v) is 6.12. The largest absolute Gasteiger partial charge is 0.300 e. The second kappa shape index (κ2) is 3.93. The van der Waals surface area contributed by atoms with Gasteiger partial charge in [-0.25, -0.2) is 0 Å². The number of hydrogen-bond acceptors (Lipinski definition) is 1. The summed E-state index contributed by atoms with van der Waals surface area (Å²) in [5, 5.41) is 0. The lowest BCUT2D eigenvalue weighted by atomic mass is 9.60. The zero-order valence-corrected chi connectivity index (χ0v) is 10.8. The molecule has 0 bridgehead atoms. The van der Waals surface area contributed by atoms with Gasteiger partial charge in [0.1, 0.15) is 0 Å². The molecule has 1 heterocycles. The van der Waals surface area contributed by atoms with Gasteiger partial charge in [0.2, 0.25) is 0 Å². The summed E-state index contributed by atoms with van der Waals surface area (Å²) in [6.07, 6.45) is 5.65. The van der Waals surface area contributed by atoms with E-state index in [0.717, 1.165) is 6.04 Å². The molecule has 0 aromatic carbocycles. The molecule has 2 fully saturated rings. The lowest BCUT2D eigenvalue weighted by Crippen LogP contribution is -2.50. The van der Waals surface area contributed by atoms with Crippen LogP contribution in [0.3, 0.4) is 0 Å². The highest BCUT2D eigenvalue weighted by Gasteiger charge is 2.43. The Labute approximate surface area is 94.5 Å². The molecule has 1 aliphatic carbocycles. The molecule has 1 saturated heterocycles.